The molecule has 7 nitrogen and oxygen atoms in total. The van der Waals surface area contributed by atoms with Crippen molar-refractivity contribution in [3.8, 4) is 0 Å². The SMILES string of the molecule is CC(C)n1ccnc1S[C@H](C)C(=O)Nc1ccc([N+](=O)[O-])cc1Cl. The van der Waals surface area contributed by atoms with Crippen molar-refractivity contribution in [2.75, 3.05) is 5.32 Å². The minimum Gasteiger partial charge on any atom is -0.324 e. The van der Waals surface area contributed by atoms with E-state index in [0.717, 1.165) is 5.16 Å². The fourth-order valence-corrected chi connectivity index (χ4v) is 3.17. The highest BCUT2D eigenvalue weighted by Gasteiger charge is 2.19. The molecular weight excluding hydrogens is 352 g/mol. The Labute approximate surface area is 148 Å². The Hall–Kier alpha value is -2.06. The quantitative estimate of drug-likeness (QED) is 0.470. The van der Waals surface area contributed by atoms with E-state index in [4.69, 9.17) is 11.6 Å². The van der Waals surface area contributed by atoms with Crippen molar-refractivity contribution in [2.45, 2.75) is 37.2 Å². The van der Waals surface area contributed by atoms with E-state index >= 15 is 0 Å². The lowest BCUT2D eigenvalue weighted by Crippen LogP contribution is -2.23. The second-order valence-corrected chi connectivity index (χ2v) is 7.10. The highest BCUT2D eigenvalue weighted by molar-refractivity contribution is 8.00. The van der Waals surface area contributed by atoms with E-state index in [2.05, 4.69) is 10.3 Å². The molecule has 1 aromatic carbocycles. The predicted molar refractivity (Wildman–Crippen MR) is 94.7 cm³/mol. The number of aromatic nitrogens is 2. The number of non-ortho nitro benzene ring substituents is 1. The fourth-order valence-electron chi connectivity index (χ4n) is 1.95. The molecule has 0 unspecified atom stereocenters. The van der Waals surface area contributed by atoms with Crippen molar-refractivity contribution < 1.29 is 9.72 Å². The number of amides is 1. The van der Waals surface area contributed by atoms with Gasteiger partial charge >= 0.3 is 0 Å². The smallest absolute Gasteiger partial charge is 0.271 e. The Balaban J connectivity index is 2.06. The summed E-state index contributed by atoms with van der Waals surface area (Å²) in [6.07, 6.45) is 3.56. The molecule has 1 amide bonds. The van der Waals surface area contributed by atoms with Gasteiger partial charge < -0.3 is 9.88 Å². The number of benzene rings is 1. The normalized spacial score (nSPS) is 12.2. The molecule has 24 heavy (non-hydrogen) atoms. The first-order valence-electron chi connectivity index (χ1n) is 7.24. The summed E-state index contributed by atoms with van der Waals surface area (Å²) in [5.41, 5.74) is 0.214. The summed E-state index contributed by atoms with van der Waals surface area (Å²) in [6, 6.07) is 4.17. The Morgan fingerprint density at radius 1 is 1.42 bits per heavy atom. The number of rotatable bonds is 6. The summed E-state index contributed by atoms with van der Waals surface area (Å²) in [5.74, 6) is -0.256. The van der Waals surface area contributed by atoms with Crippen LogP contribution in [0, 0.1) is 10.1 Å². The third-order valence-electron chi connectivity index (χ3n) is 3.26. The van der Waals surface area contributed by atoms with E-state index in [9.17, 15) is 14.9 Å². The molecule has 2 rings (SSSR count). The van der Waals surface area contributed by atoms with Crippen LogP contribution in [-0.2, 0) is 4.79 Å². The van der Waals surface area contributed by atoms with Crippen molar-refractivity contribution in [1.82, 2.24) is 9.55 Å². The van der Waals surface area contributed by atoms with Gasteiger partial charge in [0.2, 0.25) is 5.91 Å². The first-order chi connectivity index (χ1) is 11.3. The van der Waals surface area contributed by atoms with Crippen LogP contribution in [0.2, 0.25) is 5.02 Å². The zero-order valence-corrected chi connectivity index (χ0v) is 15.0. The van der Waals surface area contributed by atoms with Gasteiger partial charge in [-0.15, -0.1) is 0 Å². The number of imidazole rings is 1. The lowest BCUT2D eigenvalue weighted by atomic mass is 10.2. The van der Waals surface area contributed by atoms with E-state index in [1.807, 2.05) is 24.6 Å². The fraction of sp³-hybridized carbons (Fsp3) is 0.333. The van der Waals surface area contributed by atoms with Gasteiger partial charge in [-0.1, -0.05) is 23.4 Å². The minimum absolute atomic E-state index is 0.124. The van der Waals surface area contributed by atoms with Gasteiger partial charge in [0.15, 0.2) is 5.16 Å². The number of halogens is 1. The molecule has 0 bridgehead atoms. The maximum absolute atomic E-state index is 12.3. The Morgan fingerprint density at radius 3 is 2.71 bits per heavy atom. The minimum atomic E-state index is -0.540. The lowest BCUT2D eigenvalue weighted by molar-refractivity contribution is -0.384. The van der Waals surface area contributed by atoms with Crippen LogP contribution in [0.5, 0.6) is 0 Å². The molecule has 0 saturated carbocycles. The number of carbonyl (C=O) groups is 1. The largest absolute Gasteiger partial charge is 0.324 e. The Morgan fingerprint density at radius 2 is 2.12 bits per heavy atom. The molecule has 0 spiro atoms. The molecule has 0 radical (unpaired) electrons. The first-order valence-corrected chi connectivity index (χ1v) is 8.49. The number of anilines is 1. The van der Waals surface area contributed by atoms with Crippen molar-refractivity contribution in [3.63, 3.8) is 0 Å². The molecule has 0 aliphatic carbocycles. The zero-order chi connectivity index (χ0) is 17.9. The molecule has 2 aromatic rings. The number of hydrogen-bond acceptors (Lipinski definition) is 5. The zero-order valence-electron chi connectivity index (χ0n) is 13.4. The van der Waals surface area contributed by atoms with Crippen LogP contribution in [0.4, 0.5) is 11.4 Å². The highest BCUT2D eigenvalue weighted by Crippen LogP contribution is 2.29. The van der Waals surface area contributed by atoms with E-state index in [1.165, 1.54) is 30.0 Å². The molecule has 128 valence electrons. The lowest BCUT2D eigenvalue weighted by Gasteiger charge is -2.15. The summed E-state index contributed by atoms with van der Waals surface area (Å²) < 4.78 is 1.98. The molecule has 1 atom stereocenters. The van der Waals surface area contributed by atoms with Crippen LogP contribution in [0.25, 0.3) is 0 Å². The van der Waals surface area contributed by atoms with Gasteiger partial charge in [-0.25, -0.2) is 4.98 Å². The maximum Gasteiger partial charge on any atom is 0.271 e. The molecule has 9 heteroatoms. The number of carbonyl (C=O) groups excluding carboxylic acids is 1. The van der Waals surface area contributed by atoms with Gasteiger partial charge in [-0.2, -0.15) is 0 Å². The van der Waals surface area contributed by atoms with E-state index in [1.54, 1.807) is 13.1 Å². The molecule has 0 aliphatic heterocycles. The average molecular weight is 369 g/mol. The number of hydrogen-bond donors (Lipinski definition) is 1. The first kappa shape index (κ1) is 18.3. The number of nitrogens with one attached hydrogen (secondary N) is 1. The van der Waals surface area contributed by atoms with Crippen molar-refractivity contribution in [2.24, 2.45) is 0 Å². The Bertz CT molecular complexity index is 763. The molecule has 0 saturated heterocycles. The van der Waals surface area contributed by atoms with Crippen LogP contribution in [-0.4, -0.2) is 25.6 Å². The summed E-state index contributed by atoms with van der Waals surface area (Å²) in [4.78, 5) is 26.8. The molecule has 0 aliphatic rings. The van der Waals surface area contributed by atoms with Gasteiger partial charge in [0, 0.05) is 30.6 Å². The van der Waals surface area contributed by atoms with E-state index in [-0.39, 0.29) is 22.7 Å². The average Bonchev–Trinajstić information content (AvgIpc) is 2.97. The summed E-state index contributed by atoms with van der Waals surface area (Å²) in [5, 5.41) is 13.9. The maximum atomic E-state index is 12.3. The van der Waals surface area contributed by atoms with Gasteiger partial charge in [0.05, 0.1) is 20.9 Å². The number of nitro groups is 1. The third-order valence-corrected chi connectivity index (χ3v) is 4.67. The van der Waals surface area contributed by atoms with Crippen molar-refractivity contribution in [1.29, 1.82) is 0 Å². The van der Waals surface area contributed by atoms with E-state index in [0.29, 0.717) is 5.69 Å². The number of nitro benzene ring substituents is 1. The summed E-state index contributed by atoms with van der Waals surface area (Å²) in [6.45, 7) is 5.83. The number of thioether (sulfide) groups is 1. The second-order valence-electron chi connectivity index (χ2n) is 5.38. The van der Waals surface area contributed by atoms with Crippen molar-refractivity contribution >= 4 is 40.6 Å². The second kappa shape index (κ2) is 7.67. The third kappa shape index (κ3) is 4.27. The summed E-state index contributed by atoms with van der Waals surface area (Å²) >= 11 is 7.32. The standard InChI is InChI=1S/C15H17ClN4O3S/c1-9(2)19-7-6-17-15(19)24-10(3)14(21)18-13-5-4-11(20(22)23)8-12(13)16/h4-10H,1-3H3,(H,18,21)/t10-/m1/s1. The summed E-state index contributed by atoms with van der Waals surface area (Å²) in [7, 11) is 0. The van der Waals surface area contributed by atoms with Gasteiger partial charge in [0.1, 0.15) is 0 Å². The predicted octanol–water partition coefficient (Wildman–Crippen LogP) is 4.14. The molecule has 0 fully saturated rings. The topological polar surface area (TPSA) is 90.1 Å². The van der Waals surface area contributed by atoms with Crippen LogP contribution >= 0.6 is 23.4 Å². The van der Waals surface area contributed by atoms with Crippen LogP contribution in [0.1, 0.15) is 26.8 Å². The monoisotopic (exact) mass is 368 g/mol. The van der Waals surface area contributed by atoms with Crippen LogP contribution in [0.3, 0.4) is 0 Å². The van der Waals surface area contributed by atoms with Gasteiger partial charge in [-0.05, 0) is 26.8 Å². The van der Waals surface area contributed by atoms with E-state index < -0.39 is 10.2 Å². The highest BCUT2D eigenvalue weighted by atomic mass is 35.5. The number of nitrogens with zero attached hydrogens (tertiary/aromatic N) is 3. The van der Waals surface area contributed by atoms with Crippen LogP contribution in [0.15, 0.2) is 35.7 Å². The molecular formula is C15H17ClN4O3S. The van der Waals surface area contributed by atoms with Gasteiger partial charge in [0.25, 0.3) is 5.69 Å². The van der Waals surface area contributed by atoms with Gasteiger partial charge in [-0.3, -0.25) is 14.9 Å². The molecule has 1 heterocycles. The molecule has 1 aromatic heterocycles. The molecule has 1 N–H and O–H groups in total. The Kier molecular flexibility index (Phi) is 5.84. The van der Waals surface area contributed by atoms with Crippen LogP contribution < -0.4 is 5.32 Å². The van der Waals surface area contributed by atoms with Crippen molar-refractivity contribution in [3.05, 3.63) is 45.7 Å².